The molecule has 3 aromatic rings. The minimum absolute atomic E-state index is 0.00668. The molecule has 0 amide bonds. The molecule has 0 spiro atoms. The summed E-state index contributed by atoms with van der Waals surface area (Å²) in [5.41, 5.74) is -1.86. The van der Waals surface area contributed by atoms with Gasteiger partial charge < -0.3 is 14.4 Å². The Labute approximate surface area is 196 Å². The fourth-order valence-corrected chi connectivity index (χ4v) is 3.51. The average Bonchev–Trinajstić information content (AvgIpc) is 2.74. The first kappa shape index (κ1) is 26.0. The van der Waals surface area contributed by atoms with E-state index in [-0.39, 0.29) is 23.4 Å². The van der Waals surface area contributed by atoms with Crippen LogP contribution in [0.15, 0.2) is 59.7 Å². The van der Waals surface area contributed by atoms with Gasteiger partial charge in [0.2, 0.25) is 0 Å². The Morgan fingerprint density at radius 2 is 1.83 bits per heavy atom. The van der Waals surface area contributed by atoms with E-state index in [1.807, 2.05) is 0 Å². The average molecular weight is 496 g/mol. The minimum atomic E-state index is -5.11. The maximum absolute atomic E-state index is 14.6. The number of ether oxygens (including phenoxy) is 1. The van der Waals surface area contributed by atoms with Crippen LogP contribution in [-0.4, -0.2) is 32.4 Å². The molecule has 0 bridgehead atoms. The second kappa shape index (κ2) is 9.95. The summed E-state index contributed by atoms with van der Waals surface area (Å²) in [6.45, 7) is 2.86. The van der Waals surface area contributed by atoms with Crippen LogP contribution < -0.4 is 10.3 Å². The Balaban J connectivity index is 1.99. The number of alkyl halides is 3. The highest BCUT2D eigenvalue weighted by Gasteiger charge is 2.33. The van der Waals surface area contributed by atoms with Crippen molar-refractivity contribution in [2.45, 2.75) is 44.7 Å². The maximum atomic E-state index is 14.6. The summed E-state index contributed by atoms with van der Waals surface area (Å²) in [7, 11) is 0. The van der Waals surface area contributed by atoms with Crippen molar-refractivity contribution >= 4 is 5.78 Å². The number of aromatic nitrogens is 2. The molecular weight excluding hydrogens is 475 g/mol. The number of aliphatic hydroxyl groups is 1. The third-order valence-corrected chi connectivity index (χ3v) is 4.95. The number of carbonyl (C=O) groups excluding carboxylic acids is 1. The summed E-state index contributed by atoms with van der Waals surface area (Å²) in [6.07, 6.45) is -3.04. The van der Waals surface area contributed by atoms with E-state index >= 15 is 0 Å². The van der Waals surface area contributed by atoms with Crippen molar-refractivity contribution in [3.63, 3.8) is 0 Å². The number of nitrogens with zero attached hydrogens (tertiary/aromatic N) is 2. The Morgan fingerprint density at radius 3 is 2.43 bits per heavy atom. The number of ketones is 1. The van der Waals surface area contributed by atoms with Crippen molar-refractivity contribution in [1.29, 1.82) is 0 Å². The first-order valence-electron chi connectivity index (χ1n) is 10.4. The number of halogens is 5. The zero-order chi connectivity index (χ0) is 26.0. The molecule has 0 fully saturated rings. The standard InChI is InChI=1S/C24H21F5N2O4/c1-23(2,34)13-31-12-15(6-8-21(31)33)19(32)11-16(22-17(25)4-3-9-30-22)14-5-7-20(18(26)10-14)35-24(27,28)29/h3-10,12,16,34H,11,13H2,1-2H3/t16-/m0/s1. The zero-order valence-corrected chi connectivity index (χ0v) is 18.6. The van der Waals surface area contributed by atoms with Crippen LogP contribution >= 0.6 is 0 Å². The lowest BCUT2D eigenvalue weighted by Crippen LogP contribution is -2.32. The first-order valence-corrected chi connectivity index (χ1v) is 10.4. The quantitative estimate of drug-likeness (QED) is 0.364. The normalized spacial score (nSPS) is 12.9. The van der Waals surface area contributed by atoms with Crippen molar-refractivity contribution in [2.75, 3.05) is 0 Å². The van der Waals surface area contributed by atoms with Gasteiger partial charge in [-0.05, 0) is 49.7 Å². The molecule has 1 N–H and O–H groups in total. The second-order valence-corrected chi connectivity index (χ2v) is 8.48. The Kier molecular flexibility index (Phi) is 7.39. The topological polar surface area (TPSA) is 81.4 Å². The summed E-state index contributed by atoms with van der Waals surface area (Å²) in [6, 6.07) is 7.34. The fraction of sp³-hybridized carbons (Fsp3) is 0.292. The summed E-state index contributed by atoms with van der Waals surface area (Å²) >= 11 is 0. The fourth-order valence-electron chi connectivity index (χ4n) is 3.51. The molecule has 2 heterocycles. The molecule has 1 aromatic carbocycles. The maximum Gasteiger partial charge on any atom is 0.573 e. The molecule has 2 aromatic heterocycles. The highest BCUT2D eigenvalue weighted by molar-refractivity contribution is 5.96. The zero-order valence-electron chi connectivity index (χ0n) is 18.6. The van der Waals surface area contributed by atoms with Crippen LogP contribution in [0.4, 0.5) is 22.0 Å². The van der Waals surface area contributed by atoms with E-state index < -0.39 is 53.0 Å². The Hall–Kier alpha value is -3.60. The smallest absolute Gasteiger partial charge is 0.403 e. The molecule has 0 saturated heterocycles. The third kappa shape index (κ3) is 6.95. The van der Waals surface area contributed by atoms with Gasteiger partial charge in [-0.1, -0.05) is 6.07 Å². The van der Waals surface area contributed by atoms with Crippen LogP contribution in [0, 0.1) is 11.6 Å². The third-order valence-electron chi connectivity index (χ3n) is 4.95. The Morgan fingerprint density at radius 1 is 1.11 bits per heavy atom. The molecule has 6 nitrogen and oxygen atoms in total. The summed E-state index contributed by atoms with van der Waals surface area (Å²) < 4.78 is 71.2. The van der Waals surface area contributed by atoms with E-state index in [1.165, 1.54) is 38.4 Å². The molecule has 0 aliphatic heterocycles. The lowest BCUT2D eigenvalue weighted by Gasteiger charge is -2.20. The summed E-state index contributed by atoms with van der Waals surface area (Å²) in [4.78, 5) is 29.1. The van der Waals surface area contributed by atoms with Crippen molar-refractivity contribution in [1.82, 2.24) is 9.55 Å². The van der Waals surface area contributed by atoms with Gasteiger partial charge in [0, 0.05) is 36.4 Å². The molecule has 0 unspecified atom stereocenters. The molecule has 186 valence electrons. The molecule has 35 heavy (non-hydrogen) atoms. The van der Waals surface area contributed by atoms with Crippen molar-refractivity contribution in [3.05, 3.63) is 93.7 Å². The van der Waals surface area contributed by atoms with E-state index in [9.17, 15) is 36.6 Å². The minimum Gasteiger partial charge on any atom is -0.403 e. The highest BCUT2D eigenvalue weighted by atomic mass is 19.4. The largest absolute Gasteiger partial charge is 0.573 e. The SMILES string of the molecule is CC(C)(O)Cn1cc(C(=O)C[C@@H](c2ccc(OC(F)(F)F)c(F)c2)c2ncccc2F)ccc1=O. The molecule has 0 radical (unpaired) electrons. The number of hydrogen-bond donors (Lipinski definition) is 1. The molecular formula is C24H21F5N2O4. The number of Topliss-reactive ketones (excluding diaryl/α,β-unsaturated/α-hetero) is 1. The first-order chi connectivity index (χ1) is 16.2. The van der Waals surface area contributed by atoms with Crippen molar-refractivity contribution < 1.29 is 36.6 Å². The molecule has 0 aliphatic rings. The van der Waals surface area contributed by atoms with E-state index in [1.54, 1.807) is 0 Å². The monoisotopic (exact) mass is 496 g/mol. The van der Waals surface area contributed by atoms with Crippen LogP contribution in [0.1, 0.15) is 47.8 Å². The van der Waals surface area contributed by atoms with Crippen LogP contribution in [-0.2, 0) is 6.54 Å². The summed E-state index contributed by atoms with van der Waals surface area (Å²) in [5, 5.41) is 10.0. The molecule has 3 rings (SSSR count). The molecule has 11 heteroatoms. The van der Waals surface area contributed by atoms with E-state index in [0.29, 0.717) is 0 Å². The van der Waals surface area contributed by atoms with Gasteiger partial charge in [0.25, 0.3) is 5.56 Å². The van der Waals surface area contributed by atoms with Gasteiger partial charge in [0.05, 0.1) is 17.8 Å². The number of pyridine rings is 2. The van der Waals surface area contributed by atoms with E-state index in [2.05, 4.69) is 9.72 Å². The van der Waals surface area contributed by atoms with Gasteiger partial charge >= 0.3 is 6.36 Å². The number of hydrogen-bond acceptors (Lipinski definition) is 5. The van der Waals surface area contributed by atoms with Gasteiger partial charge in [-0.3, -0.25) is 14.6 Å². The number of carbonyl (C=O) groups is 1. The van der Waals surface area contributed by atoms with Gasteiger partial charge in [0.1, 0.15) is 5.82 Å². The van der Waals surface area contributed by atoms with Gasteiger partial charge in [-0.25, -0.2) is 8.78 Å². The second-order valence-electron chi connectivity index (χ2n) is 8.48. The lowest BCUT2D eigenvalue weighted by molar-refractivity contribution is -0.275. The van der Waals surface area contributed by atoms with Crippen LogP contribution in [0.3, 0.4) is 0 Å². The van der Waals surface area contributed by atoms with E-state index in [0.717, 1.165) is 34.9 Å². The van der Waals surface area contributed by atoms with Crippen LogP contribution in [0.5, 0.6) is 5.75 Å². The van der Waals surface area contributed by atoms with Crippen molar-refractivity contribution in [2.24, 2.45) is 0 Å². The number of rotatable bonds is 8. The lowest BCUT2D eigenvalue weighted by atomic mass is 9.88. The number of benzene rings is 1. The predicted octanol–water partition coefficient (Wildman–Crippen LogP) is 4.60. The van der Waals surface area contributed by atoms with Gasteiger partial charge in [0.15, 0.2) is 17.3 Å². The van der Waals surface area contributed by atoms with Crippen molar-refractivity contribution in [3.8, 4) is 5.75 Å². The van der Waals surface area contributed by atoms with Crippen LogP contribution in [0.25, 0.3) is 0 Å². The van der Waals surface area contributed by atoms with Gasteiger partial charge in [-0.2, -0.15) is 0 Å². The molecule has 0 aliphatic carbocycles. The van der Waals surface area contributed by atoms with Crippen LogP contribution in [0.2, 0.25) is 0 Å². The van der Waals surface area contributed by atoms with E-state index in [4.69, 9.17) is 0 Å². The molecule has 1 atom stereocenters. The Bertz CT molecular complexity index is 1280. The predicted molar refractivity (Wildman–Crippen MR) is 115 cm³/mol. The summed E-state index contributed by atoms with van der Waals surface area (Å²) in [5.74, 6) is -4.96. The molecule has 0 saturated carbocycles. The van der Waals surface area contributed by atoms with Gasteiger partial charge in [-0.15, -0.1) is 13.2 Å². The highest BCUT2D eigenvalue weighted by Crippen LogP contribution is 2.33.